The number of hydrogen-bond acceptors (Lipinski definition) is 1. The van der Waals surface area contributed by atoms with E-state index in [0.29, 0.717) is 12.1 Å². The number of pyridine rings is 1. The number of aromatic amines is 1. The van der Waals surface area contributed by atoms with Gasteiger partial charge in [0.25, 0.3) is 0 Å². The maximum atomic E-state index is 12.0. The van der Waals surface area contributed by atoms with Crippen LogP contribution < -0.4 is 5.56 Å². The normalized spacial score (nSPS) is 10.4. The minimum atomic E-state index is -0.0817. The number of H-pyrrole nitrogens is 1. The Balaban J connectivity index is 0.00000120. The van der Waals surface area contributed by atoms with E-state index in [9.17, 15) is 4.79 Å². The molecule has 0 aliphatic carbocycles. The number of nitrogens with zero attached hydrogens (tertiary/aromatic N) is 1. The second-order valence-corrected chi connectivity index (χ2v) is 3.94. The van der Waals surface area contributed by atoms with Crippen molar-refractivity contribution in [2.75, 3.05) is 0 Å². The van der Waals surface area contributed by atoms with Crippen molar-refractivity contribution in [3.05, 3.63) is 59.5 Å². The third-order valence-corrected chi connectivity index (χ3v) is 2.87. The molecular formula is C14H11N2OW-. The zero-order valence-electron chi connectivity index (χ0n) is 9.64. The average molecular weight is 407 g/mol. The summed E-state index contributed by atoms with van der Waals surface area (Å²) in [6, 6.07) is 10.9. The van der Waals surface area contributed by atoms with Crippen LogP contribution in [0.15, 0.2) is 47.9 Å². The molecule has 2 aromatic heterocycles. The van der Waals surface area contributed by atoms with Crippen molar-refractivity contribution in [3.63, 3.8) is 0 Å². The fraction of sp³-hybridized carbons (Fsp3) is 0.0714. The van der Waals surface area contributed by atoms with Gasteiger partial charge < -0.3 is 9.55 Å². The molecule has 18 heavy (non-hydrogen) atoms. The Kier molecular flexibility index (Phi) is 3.53. The van der Waals surface area contributed by atoms with Gasteiger partial charge in [-0.25, -0.2) is 0 Å². The molecule has 4 heteroatoms. The number of aromatic nitrogens is 2. The van der Waals surface area contributed by atoms with Gasteiger partial charge in [-0.15, -0.1) is 18.0 Å². The van der Waals surface area contributed by atoms with Crippen molar-refractivity contribution in [1.82, 2.24) is 9.55 Å². The summed E-state index contributed by atoms with van der Waals surface area (Å²) in [4.78, 5) is 14.9. The Labute approximate surface area is 118 Å². The summed E-state index contributed by atoms with van der Waals surface area (Å²) in [5, 5.41) is 1.89. The van der Waals surface area contributed by atoms with Gasteiger partial charge in [0.05, 0.1) is 0 Å². The van der Waals surface area contributed by atoms with Crippen molar-refractivity contribution >= 4 is 21.8 Å². The first-order chi connectivity index (χ1) is 8.31. The SMILES string of the molecule is C=CCn1c[c-]c2c3ccccc3[nH]c(=O)c21.[W]. The van der Waals surface area contributed by atoms with Gasteiger partial charge in [-0.2, -0.15) is 11.5 Å². The van der Waals surface area contributed by atoms with E-state index in [0.717, 1.165) is 16.3 Å². The minimum Gasteiger partial charge on any atom is -0.403 e. The number of para-hydroxylation sites is 1. The second-order valence-electron chi connectivity index (χ2n) is 3.94. The molecule has 3 rings (SSSR count). The molecule has 0 spiro atoms. The number of benzene rings is 1. The predicted octanol–water partition coefficient (Wildman–Crippen LogP) is 2.47. The van der Waals surface area contributed by atoms with Gasteiger partial charge in [-0.1, -0.05) is 30.5 Å². The Morgan fingerprint density at radius 3 is 2.94 bits per heavy atom. The molecule has 0 amide bonds. The molecule has 3 nitrogen and oxygen atoms in total. The smallest absolute Gasteiger partial charge is 0.215 e. The van der Waals surface area contributed by atoms with Crippen molar-refractivity contribution in [2.24, 2.45) is 0 Å². The Bertz CT molecular complexity index is 770. The largest absolute Gasteiger partial charge is 0.403 e. The molecule has 0 saturated carbocycles. The van der Waals surface area contributed by atoms with Crippen LogP contribution in [0.4, 0.5) is 0 Å². The Hall–Kier alpha value is -1.60. The summed E-state index contributed by atoms with van der Waals surface area (Å²) in [5.41, 5.74) is 1.42. The van der Waals surface area contributed by atoms with Crippen molar-refractivity contribution in [2.45, 2.75) is 6.54 Å². The van der Waals surface area contributed by atoms with Gasteiger partial charge in [0, 0.05) is 33.1 Å². The molecule has 0 saturated heterocycles. The Morgan fingerprint density at radius 2 is 2.17 bits per heavy atom. The zero-order valence-corrected chi connectivity index (χ0v) is 12.6. The summed E-state index contributed by atoms with van der Waals surface area (Å²) in [5.74, 6) is 0. The standard InChI is InChI=1S/C14H11N2O.W/c1-2-8-16-9-7-11-10-5-3-4-6-12(10)15-14(17)13(11)16;/h2-6,9H,1,8H2,(H,15,17);/q-1;. The molecule has 1 N–H and O–H groups in total. The maximum Gasteiger partial charge on any atom is 0.215 e. The molecule has 0 aliphatic rings. The summed E-state index contributed by atoms with van der Waals surface area (Å²) < 4.78 is 1.85. The van der Waals surface area contributed by atoms with E-state index in [1.807, 2.05) is 28.8 Å². The van der Waals surface area contributed by atoms with E-state index < -0.39 is 0 Å². The van der Waals surface area contributed by atoms with Crippen molar-refractivity contribution < 1.29 is 21.1 Å². The van der Waals surface area contributed by atoms with Crippen LogP contribution in [0, 0.1) is 6.07 Å². The molecule has 0 bridgehead atoms. The van der Waals surface area contributed by atoms with E-state index >= 15 is 0 Å². The van der Waals surface area contributed by atoms with Crippen LogP contribution in [0.5, 0.6) is 0 Å². The molecule has 1 aromatic carbocycles. The molecule has 0 radical (unpaired) electrons. The molecular weight excluding hydrogens is 396 g/mol. The van der Waals surface area contributed by atoms with E-state index in [2.05, 4.69) is 17.6 Å². The molecule has 0 unspecified atom stereocenters. The number of fused-ring (bicyclic) bond motifs is 3. The monoisotopic (exact) mass is 407 g/mol. The minimum absolute atomic E-state index is 0. The van der Waals surface area contributed by atoms with Crippen molar-refractivity contribution in [1.29, 1.82) is 0 Å². The molecule has 0 fully saturated rings. The van der Waals surface area contributed by atoms with Crippen LogP contribution in [0.25, 0.3) is 21.8 Å². The molecule has 3 aromatic rings. The number of rotatable bonds is 2. The van der Waals surface area contributed by atoms with E-state index in [1.54, 1.807) is 12.3 Å². The van der Waals surface area contributed by atoms with Crippen LogP contribution in [0.2, 0.25) is 0 Å². The topological polar surface area (TPSA) is 37.8 Å². The first-order valence-corrected chi connectivity index (χ1v) is 5.43. The van der Waals surface area contributed by atoms with Gasteiger partial charge in [0.15, 0.2) is 0 Å². The fourth-order valence-corrected chi connectivity index (χ4v) is 2.14. The van der Waals surface area contributed by atoms with Gasteiger partial charge in [-0.3, -0.25) is 4.79 Å². The van der Waals surface area contributed by atoms with Crippen LogP contribution in [0.3, 0.4) is 0 Å². The van der Waals surface area contributed by atoms with E-state index in [4.69, 9.17) is 0 Å². The van der Waals surface area contributed by atoms with Crippen LogP contribution in [-0.2, 0) is 27.6 Å². The number of hydrogen-bond donors (Lipinski definition) is 1. The van der Waals surface area contributed by atoms with E-state index in [1.165, 1.54) is 0 Å². The quantitative estimate of drug-likeness (QED) is 0.515. The zero-order chi connectivity index (χ0) is 11.8. The summed E-state index contributed by atoms with van der Waals surface area (Å²) in [6.45, 7) is 4.30. The molecule has 2 heterocycles. The first-order valence-electron chi connectivity index (χ1n) is 5.43. The van der Waals surface area contributed by atoms with Gasteiger partial charge in [0.2, 0.25) is 5.56 Å². The van der Waals surface area contributed by atoms with E-state index in [-0.39, 0.29) is 26.6 Å². The molecule has 0 atom stereocenters. The Morgan fingerprint density at radius 1 is 1.39 bits per heavy atom. The van der Waals surface area contributed by atoms with Crippen molar-refractivity contribution in [3.8, 4) is 0 Å². The van der Waals surface area contributed by atoms with Crippen LogP contribution in [-0.4, -0.2) is 9.55 Å². The van der Waals surface area contributed by atoms with Gasteiger partial charge >= 0.3 is 0 Å². The maximum absolute atomic E-state index is 12.0. The molecule has 0 aliphatic heterocycles. The number of nitrogens with one attached hydrogen (secondary N) is 1. The first kappa shape index (κ1) is 12.8. The van der Waals surface area contributed by atoms with Gasteiger partial charge in [-0.05, 0) is 5.52 Å². The third-order valence-electron chi connectivity index (χ3n) is 2.87. The van der Waals surface area contributed by atoms with Gasteiger partial charge in [0.1, 0.15) is 0 Å². The van der Waals surface area contributed by atoms with Crippen LogP contribution in [0.1, 0.15) is 0 Å². The summed E-state index contributed by atoms with van der Waals surface area (Å²) in [7, 11) is 0. The summed E-state index contributed by atoms with van der Waals surface area (Å²) in [6.07, 6.45) is 3.57. The second kappa shape index (κ2) is 4.95. The predicted molar refractivity (Wildman–Crippen MR) is 69.1 cm³/mol. The molecule has 90 valence electrons. The third kappa shape index (κ3) is 1.85. The average Bonchev–Trinajstić information content (AvgIpc) is 2.75. The number of allylic oxidation sites excluding steroid dienone is 1. The summed E-state index contributed by atoms with van der Waals surface area (Å²) >= 11 is 0. The van der Waals surface area contributed by atoms with Crippen LogP contribution >= 0.6 is 0 Å². The fourth-order valence-electron chi connectivity index (χ4n) is 2.14.